The molecule has 2 aromatic rings. The van der Waals surface area contributed by atoms with E-state index in [2.05, 4.69) is 16.0 Å². The van der Waals surface area contributed by atoms with Gasteiger partial charge in [0.05, 0.1) is 11.5 Å². The maximum Gasteiger partial charge on any atom is 0.315 e. The summed E-state index contributed by atoms with van der Waals surface area (Å²) < 4.78 is 24.5. The number of sulfone groups is 1. The van der Waals surface area contributed by atoms with E-state index in [4.69, 9.17) is 0 Å². The van der Waals surface area contributed by atoms with E-state index in [1.54, 1.807) is 24.3 Å². The van der Waals surface area contributed by atoms with E-state index >= 15 is 0 Å². The van der Waals surface area contributed by atoms with E-state index in [1.807, 2.05) is 50.2 Å². The van der Waals surface area contributed by atoms with E-state index in [1.165, 1.54) is 0 Å². The third-order valence-electron chi connectivity index (χ3n) is 4.69. The lowest BCUT2D eigenvalue weighted by Gasteiger charge is -2.22. The topological polar surface area (TPSA) is 104 Å². The van der Waals surface area contributed by atoms with Gasteiger partial charge in [0.15, 0.2) is 9.84 Å². The van der Waals surface area contributed by atoms with Crippen molar-refractivity contribution < 1.29 is 18.0 Å². The fourth-order valence-electron chi connectivity index (χ4n) is 3.02. The Bertz CT molecular complexity index is 932. The van der Waals surface area contributed by atoms with Crippen LogP contribution in [0.5, 0.6) is 0 Å². The Morgan fingerprint density at radius 2 is 1.45 bits per heavy atom. The van der Waals surface area contributed by atoms with Crippen molar-refractivity contribution in [3.8, 4) is 0 Å². The summed E-state index contributed by atoms with van der Waals surface area (Å²) in [6, 6.07) is 17.3. The van der Waals surface area contributed by atoms with E-state index in [-0.39, 0.29) is 29.9 Å². The van der Waals surface area contributed by atoms with Gasteiger partial charge in [-0.15, -0.1) is 0 Å². The second kappa shape index (κ2) is 12.1. The molecule has 0 aliphatic rings. The molecule has 0 fully saturated rings. The van der Waals surface area contributed by atoms with E-state index < -0.39 is 21.9 Å². The first-order valence-corrected chi connectivity index (χ1v) is 12.2. The highest BCUT2D eigenvalue weighted by Crippen LogP contribution is 2.07. The number of rotatable bonds is 11. The summed E-state index contributed by atoms with van der Waals surface area (Å²) in [5.41, 5.74) is 1.71. The summed E-state index contributed by atoms with van der Waals surface area (Å²) in [6.07, 6.45) is 0.311. The van der Waals surface area contributed by atoms with Gasteiger partial charge in [-0.25, -0.2) is 13.2 Å². The van der Waals surface area contributed by atoms with Crippen LogP contribution in [0.2, 0.25) is 0 Å². The summed E-state index contributed by atoms with van der Waals surface area (Å²) >= 11 is 0. The largest absolute Gasteiger partial charge is 0.354 e. The van der Waals surface area contributed by atoms with Crippen LogP contribution in [-0.4, -0.2) is 38.7 Å². The summed E-state index contributed by atoms with van der Waals surface area (Å²) in [5, 5.41) is 8.17. The Labute approximate surface area is 184 Å². The number of urea groups is 1. The summed E-state index contributed by atoms with van der Waals surface area (Å²) in [5.74, 6) is -0.478. The number of nitrogens with one attached hydrogen (secondary N) is 3. The van der Waals surface area contributed by atoms with Crippen LogP contribution < -0.4 is 16.0 Å². The van der Waals surface area contributed by atoms with Crippen molar-refractivity contribution in [2.45, 2.75) is 38.6 Å². The van der Waals surface area contributed by atoms with Crippen LogP contribution in [0.15, 0.2) is 60.7 Å². The molecule has 1 atom stereocenters. The molecule has 8 heteroatoms. The first kappa shape index (κ1) is 24.4. The highest BCUT2D eigenvalue weighted by Gasteiger charge is 2.24. The van der Waals surface area contributed by atoms with Crippen LogP contribution in [0.1, 0.15) is 31.4 Å². The van der Waals surface area contributed by atoms with Gasteiger partial charge in [0, 0.05) is 13.1 Å². The third kappa shape index (κ3) is 9.21. The maximum atomic E-state index is 12.5. The number of benzene rings is 2. The van der Waals surface area contributed by atoms with Gasteiger partial charge in [-0.05, 0) is 23.5 Å². The van der Waals surface area contributed by atoms with Crippen molar-refractivity contribution in [3.63, 3.8) is 0 Å². The summed E-state index contributed by atoms with van der Waals surface area (Å²) in [7, 11) is -3.25. The quantitative estimate of drug-likeness (QED) is 0.463. The molecule has 168 valence electrons. The predicted octanol–water partition coefficient (Wildman–Crippen LogP) is 2.63. The van der Waals surface area contributed by atoms with Crippen molar-refractivity contribution >= 4 is 21.8 Å². The molecule has 0 heterocycles. The monoisotopic (exact) mass is 445 g/mol. The molecule has 7 nitrogen and oxygen atoms in total. The SMILES string of the molecule is CC(C)C(NC(=O)NCc1ccccc1)C(=O)NCCCS(=O)(=O)Cc1ccccc1. The molecule has 0 spiro atoms. The van der Waals surface area contributed by atoms with Gasteiger partial charge in [0.1, 0.15) is 6.04 Å². The average Bonchev–Trinajstić information content (AvgIpc) is 2.74. The molecular weight excluding hydrogens is 414 g/mol. The molecule has 1 unspecified atom stereocenters. The van der Waals surface area contributed by atoms with E-state index in [9.17, 15) is 18.0 Å². The molecule has 0 aromatic heterocycles. The van der Waals surface area contributed by atoms with Crippen LogP contribution in [0.3, 0.4) is 0 Å². The zero-order valence-corrected chi connectivity index (χ0v) is 18.8. The maximum absolute atomic E-state index is 12.5. The van der Waals surface area contributed by atoms with Crippen LogP contribution in [0.25, 0.3) is 0 Å². The minimum atomic E-state index is -3.25. The van der Waals surface area contributed by atoms with Gasteiger partial charge in [-0.1, -0.05) is 74.5 Å². The zero-order valence-electron chi connectivity index (χ0n) is 18.0. The molecule has 2 rings (SSSR count). The molecule has 3 N–H and O–H groups in total. The molecule has 2 aromatic carbocycles. The van der Waals surface area contributed by atoms with Crippen molar-refractivity contribution in [1.29, 1.82) is 0 Å². The van der Waals surface area contributed by atoms with Crippen molar-refractivity contribution in [1.82, 2.24) is 16.0 Å². The van der Waals surface area contributed by atoms with E-state index in [0.717, 1.165) is 11.1 Å². The zero-order chi connectivity index (χ0) is 22.7. The van der Waals surface area contributed by atoms with Gasteiger partial charge >= 0.3 is 6.03 Å². The Morgan fingerprint density at radius 3 is 2.03 bits per heavy atom. The molecule has 0 saturated heterocycles. The highest BCUT2D eigenvalue weighted by atomic mass is 32.2. The van der Waals surface area contributed by atoms with Gasteiger partial charge in [-0.3, -0.25) is 4.79 Å². The molecular formula is C23H31N3O4S. The van der Waals surface area contributed by atoms with E-state index in [0.29, 0.717) is 13.0 Å². The standard InChI is InChI=1S/C23H31N3O4S/c1-18(2)21(26-23(28)25-16-19-10-5-3-6-11-19)22(27)24-14-9-15-31(29,30)17-20-12-7-4-8-13-20/h3-8,10-13,18,21H,9,14-17H2,1-2H3,(H,24,27)(H2,25,26,28). The van der Waals surface area contributed by atoms with Crippen molar-refractivity contribution in [2.24, 2.45) is 5.92 Å². The molecule has 0 saturated carbocycles. The van der Waals surface area contributed by atoms with Gasteiger partial charge in [-0.2, -0.15) is 0 Å². The average molecular weight is 446 g/mol. The first-order chi connectivity index (χ1) is 14.8. The van der Waals surface area contributed by atoms with Crippen molar-refractivity contribution in [2.75, 3.05) is 12.3 Å². The second-order valence-electron chi connectivity index (χ2n) is 7.76. The van der Waals surface area contributed by atoms with Crippen LogP contribution >= 0.6 is 0 Å². The molecule has 0 aliphatic carbocycles. The highest BCUT2D eigenvalue weighted by molar-refractivity contribution is 7.90. The summed E-state index contributed by atoms with van der Waals surface area (Å²) in [6.45, 7) is 4.26. The fourth-order valence-corrected chi connectivity index (χ4v) is 4.45. The normalized spacial score (nSPS) is 12.2. The summed E-state index contributed by atoms with van der Waals surface area (Å²) in [4.78, 5) is 24.7. The smallest absolute Gasteiger partial charge is 0.315 e. The second-order valence-corrected chi connectivity index (χ2v) is 9.94. The van der Waals surface area contributed by atoms with Crippen LogP contribution in [0, 0.1) is 5.92 Å². The number of amides is 3. The van der Waals surface area contributed by atoms with Crippen LogP contribution in [-0.2, 0) is 26.9 Å². The van der Waals surface area contributed by atoms with Crippen molar-refractivity contribution in [3.05, 3.63) is 71.8 Å². The molecule has 0 radical (unpaired) electrons. The number of hydrogen-bond acceptors (Lipinski definition) is 4. The predicted molar refractivity (Wildman–Crippen MR) is 122 cm³/mol. The number of carbonyl (C=O) groups is 2. The molecule has 0 aliphatic heterocycles. The van der Waals surface area contributed by atoms with Gasteiger partial charge in [0.2, 0.25) is 5.91 Å². The third-order valence-corrected chi connectivity index (χ3v) is 6.38. The lowest BCUT2D eigenvalue weighted by atomic mass is 10.0. The van der Waals surface area contributed by atoms with Crippen LogP contribution in [0.4, 0.5) is 4.79 Å². The fraction of sp³-hybridized carbons (Fsp3) is 0.391. The molecule has 31 heavy (non-hydrogen) atoms. The lowest BCUT2D eigenvalue weighted by molar-refractivity contribution is -0.123. The van der Waals surface area contributed by atoms with Gasteiger partial charge in [0.25, 0.3) is 0 Å². The molecule has 3 amide bonds. The Kier molecular flexibility index (Phi) is 9.52. The minimum Gasteiger partial charge on any atom is -0.354 e. The number of carbonyl (C=O) groups excluding carboxylic acids is 2. The minimum absolute atomic E-state index is 0.0143. The lowest BCUT2D eigenvalue weighted by Crippen LogP contribution is -2.52. The Balaban J connectivity index is 1.75. The first-order valence-electron chi connectivity index (χ1n) is 10.4. The van der Waals surface area contributed by atoms with Gasteiger partial charge < -0.3 is 16.0 Å². The Morgan fingerprint density at radius 1 is 0.871 bits per heavy atom. The Hall–Kier alpha value is -2.87. The molecule has 0 bridgehead atoms. The number of hydrogen-bond donors (Lipinski definition) is 3.